The van der Waals surface area contributed by atoms with Crippen molar-refractivity contribution in [2.75, 3.05) is 17.9 Å². The first-order chi connectivity index (χ1) is 20.5. The molecule has 1 unspecified atom stereocenters. The van der Waals surface area contributed by atoms with Crippen molar-refractivity contribution in [2.45, 2.75) is 37.8 Å². The van der Waals surface area contributed by atoms with E-state index in [1.165, 1.54) is 24.1 Å². The van der Waals surface area contributed by atoms with Gasteiger partial charge in [0.1, 0.15) is 12.6 Å². The van der Waals surface area contributed by atoms with Crippen LogP contribution >= 0.6 is 23.2 Å². The van der Waals surface area contributed by atoms with Gasteiger partial charge in [0.15, 0.2) is 0 Å². The molecule has 1 atom stereocenters. The van der Waals surface area contributed by atoms with Crippen molar-refractivity contribution in [3.8, 4) is 0 Å². The summed E-state index contributed by atoms with van der Waals surface area (Å²) in [5.41, 5.74) is 3.42. The molecule has 0 heterocycles. The quantitative estimate of drug-likeness (QED) is 0.212. The molecule has 1 N–H and O–H groups in total. The number of nitrogens with zero attached hydrogens (tertiary/aromatic N) is 2. The normalized spacial score (nSPS) is 11.9. The summed E-state index contributed by atoms with van der Waals surface area (Å²) in [6, 6.07) is 26.8. The van der Waals surface area contributed by atoms with E-state index in [-0.39, 0.29) is 23.8 Å². The van der Waals surface area contributed by atoms with Crippen LogP contribution in [0.15, 0.2) is 102 Å². The fourth-order valence-corrected chi connectivity index (χ4v) is 6.55. The van der Waals surface area contributed by atoms with Gasteiger partial charge >= 0.3 is 0 Å². The molecule has 10 heteroatoms. The van der Waals surface area contributed by atoms with Crippen LogP contribution in [0.1, 0.15) is 22.3 Å². The predicted molar refractivity (Wildman–Crippen MR) is 172 cm³/mol. The van der Waals surface area contributed by atoms with Gasteiger partial charge in [-0.15, -0.1) is 0 Å². The number of anilines is 1. The number of rotatable bonds is 11. The van der Waals surface area contributed by atoms with Crippen LogP contribution in [0.4, 0.5) is 5.69 Å². The van der Waals surface area contributed by atoms with Gasteiger partial charge in [-0.2, -0.15) is 0 Å². The molecule has 43 heavy (non-hydrogen) atoms. The Bertz CT molecular complexity index is 1700. The largest absolute Gasteiger partial charge is 0.357 e. The molecule has 4 rings (SSSR count). The molecule has 0 fully saturated rings. The van der Waals surface area contributed by atoms with E-state index in [1.54, 1.807) is 61.5 Å². The SMILES string of the molecule is CNC(=O)C(Cc1ccccc1)N(Cc1ccc(Cl)c(Cl)c1)C(=O)CN(c1ccccc1C)S(=O)(=O)c1ccc(C)cc1. The second kappa shape index (κ2) is 14.1. The molecule has 0 bridgehead atoms. The number of likely N-dealkylation sites (N-methyl/N-ethyl adjacent to an activating group) is 1. The summed E-state index contributed by atoms with van der Waals surface area (Å²) in [7, 11) is -2.67. The van der Waals surface area contributed by atoms with Gasteiger partial charge in [0, 0.05) is 20.0 Å². The number of carbonyl (C=O) groups is 2. The third-order valence-electron chi connectivity index (χ3n) is 7.13. The van der Waals surface area contributed by atoms with Gasteiger partial charge in [-0.3, -0.25) is 13.9 Å². The topological polar surface area (TPSA) is 86.8 Å². The molecule has 0 spiro atoms. The minimum Gasteiger partial charge on any atom is -0.357 e. The van der Waals surface area contributed by atoms with Crippen LogP contribution in [0.25, 0.3) is 0 Å². The Morgan fingerprint density at radius 1 is 0.814 bits per heavy atom. The first-order valence-corrected chi connectivity index (χ1v) is 15.8. The number of hydrogen-bond acceptors (Lipinski definition) is 4. The second-order valence-corrected chi connectivity index (χ2v) is 12.9. The minimum atomic E-state index is -4.17. The Morgan fingerprint density at radius 3 is 2.09 bits per heavy atom. The van der Waals surface area contributed by atoms with E-state index >= 15 is 0 Å². The van der Waals surface area contributed by atoms with Crippen LogP contribution in [0.2, 0.25) is 10.0 Å². The van der Waals surface area contributed by atoms with Crippen LogP contribution in [-0.4, -0.2) is 44.8 Å². The molecule has 7 nitrogen and oxygen atoms in total. The smallest absolute Gasteiger partial charge is 0.264 e. The van der Waals surface area contributed by atoms with Crippen molar-refractivity contribution < 1.29 is 18.0 Å². The molecule has 224 valence electrons. The van der Waals surface area contributed by atoms with Gasteiger partial charge in [-0.25, -0.2) is 8.42 Å². The molecule has 0 aliphatic carbocycles. The standard InChI is InChI=1S/C33H33Cl2N3O4S/c1-23-13-16-27(17-14-23)43(41,42)38(30-12-8-7-9-24(30)2)22-32(39)37(21-26-15-18-28(34)29(35)19-26)31(33(40)36-3)20-25-10-5-4-6-11-25/h4-19,31H,20-22H2,1-3H3,(H,36,40). The molecule has 4 aromatic rings. The lowest BCUT2D eigenvalue weighted by Gasteiger charge is -2.34. The summed E-state index contributed by atoms with van der Waals surface area (Å²) in [4.78, 5) is 29.2. The number of aryl methyl sites for hydroxylation is 2. The maximum absolute atomic E-state index is 14.4. The first kappa shape index (κ1) is 32.1. The molecule has 4 aromatic carbocycles. The molecule has 0 radical (unpaired) electrons. The number of carbonyl (C=O) groups excluding carboxylic acids is 2. The number of para-hydroxylation sites is 1. The summed E-state index contributed by atoms with van der Waals surface area (Å²) >= 11 is 12.4. The van der Waals surface area contributed by atoms with Crippen molar-refractivity contribution in [1.82, 2.24) is 10.2 Å². The van der Waals surface area contributed by atoms with Crippen LogP contribution < -0.4 is 9.62 Å². The highest BCUT2D eigenvalue weighted by molar-refractivity contribution is 7.92. The molecule has 0 saturated heterocycles. The molecule has 0 saturated carbocycles. The molecule has 2 amide bonds. The van der Waals surface area contributed by atoms with Crippen molar-refractivity contribution in [1.29, 1.82) is 0 Å². The molecule has 0 aliphatic heterocycles. The highest BCUT2D eigenvalue weighted by atomic mass is 35.5. The fraction of sp³-hybridized carbons (Fsp3) is 0.212. The zero-order valence-electron chi connectivity index (χ0n) is 24.1. The summed E-state index contributed by atoms with van der Waals surface area (Å²) < 4.78 is 29.3. The number of hydrogen-bond donors (Lipinski definition) is 1. The Morgan fingerprint density at radius 2 is 1.47 bits per heavy atom. The van der Waals surface area contributed by atoms with Gasteiger partial charge in [-0.1, -0.05) is 95.5 Å². The van der Waals surface area contributed by atoms with Crippen LogP contribution in [0.3, 0.4) is 0 Å². The summed E-state index contributed by atoms with van der Waals surface area (Å²) in [5.74, 6) is -0.948. The minimum absolute atomic E-state index is 0.00711. The van der Waals surface area contributed by atoms with Crippen LogP contribution in [0, 0.1) is 13.8 Å². The Labute approximate surface area is 263 Å². The van der Waals surface area contributed by atoms with E-state index in [2.05, 4.69) is 5.32 Å². The van der Waals surface area contributed by atoms with E-state index < -0.39 is 28.5 Å². The van der Waals surface area contributed by atoms with Crippen molar-refractivity contribution in [3.63, 3.8) is 0 Å². The number of nitrogens with one attached hydrogen (secondary N) is 1. The monoisotopic (exact) mass is 637 g/mol. The Kier molecular flexibility index (Phi) is 10.5. The zero-order chi connectivity index (χ0) is 31.1. The van der Waals surface area contributed by atoms with Crippen molar-refractivity contribution in [2.24, 2.45) is 0 Å². The third-order valence-corrected chi connectivity index (χ3v) is 9.64. The van der Waals surface area contributed by atoms with Gasteiger partial charge in [-0.05, 0) is 60.9 Å². The van der Waals surface area contributed by atoms with E-state index in [9.17, 15) is 18.0 Å². The Balaban J connectivity index is 1.81. The molecular formula is C33H33Cl2N3O4S. The summed E-state index contributed by atoms with van der Waals surface area (Å²) in [6.45, 7) is 3.11. The van der Waals surface area contributed by atoms with Crippen LogP contribution in [0.5, 0.6) is 0 Å². The van der Waals surface area contributed by atoms with Crippen molar-refractivity contribution >= 4 is 50.7 Å². The summed E-state index contributed by atoms with van der Waals surface area (Å²) in [5, 5.41) is 3.32. The zero-order valence-corrected chi connectivity index (χ0v) is 26.5. The lowest BCUT2D eigenvalue weighted by atomic mass is 10.0. The number of halogens is 2. The number of benzene rings is 4. The molecule has 0 aromatic heterocycles. The van der Waals surface area contributed by atoms with E-state index in [0.717, 1.165) is 15.4 Å². The first-order valence-electron chi connectivity index (χ1n) is 13.6. The third kappa shape index (κ3) is 7.76. The molecule has 0 aliphatic rings. The molecular weight excluding hydrogens is 605 g/mol. The van der Waals surface area contributed by atoms with E-state index in [0.29, 0.717) is 26.9 Å². The van der Waals surface area contributed by atoms with E-state index in [4.69, 9.17) is 23.2 Å². The van der Waals surface area contributed by atoms with Crippen molar-refractivity contribution in [3.05, 3.63) is 129 Å². The number of sulfonamides is 1. The number of amides is 2. The maximum Gasteiger partial charge on any atom is 0.264 e. The lowest BCUT2D eigenvalue weighted by Crippen LogP contribution is -2.53. The van der Waals surface area contributed by atoms with Crippen LogP contribution in [-0.2, 0) is 32.6 Å². The average molecular weight is 639 g/mol. The van der Waals surface area contributed by atoms with Gasteiger partial charge < -0.3 is 10.2 Å². The van der Waals surface area contributed by atoms with Gasteiger partial charge in [0.05, 0.1) is 20.6 Å². The van der Waals surface area contributed by atoms with E-state index in [1.807, 2.05) is 37.3 Å². The second-order valence-electron chi connectivity index (χ2n) is 10.2. The summed E-state index contributed by atoms with van der Waals surface area (Å²) in [6.07, 6.45) is 0.211. The Hall–Kier alpha value is -3.85. The lowest BCUT2D eigenvalue weighted by molar-refractivity contribution is -0.139. The maximum atomic E-state index is 14.4. The fourth-order valence-electron chi connectivity index (χ4n) is 4.75. The average Bonchev–Trinajstić information content (AvgIpc) is 3.00. The van der Waals surface area contributed by atoms with Gasteiger partial charge in [0.25, 0.3) is 10.0 Å². The highest BCUT2D eigenvalue weighted by Gasteiger charge is 2.34. The highest BCUT2D eigenvalue weighted by Crippen LogP contribution is 2.29. The van der Waals surface area contributed by atoms with Gasteiger partial charge in [0.2, 0.25) is 11.8 Å². The predicted octanol–water partition coefficient (Wildman–Crippen LogP) is 6.19.